The molecule has 1 N–H and O–H groups in total. The van der Waals surface area contributed by atoms with Gasteiger partial charge in [0.15, 0.2) is 0 Å². The average Bonchev–Trinajstić information content (AvgIpc) is 2.53. The zero-order chi connectivity index (χ0) is 14.4. The van der Waals surface area contributed by atoms with Crippen molar-refractivity contribution in [1.82, 2.24) is 0 Å². The predicted molar refractivity (Wildman–Crippen MR) is 80.8 cm³/mol. The maximum atomic E-state index is 8.94. The van der Waals surface area contributed by atoms with Crippen molar-refractivity contribution in [3.05, 3.63) is 59.7 Å². The van der Waals surface area contributed by atoms with Crippen LogP contribution in [0, 0.1) is 11.3 Å². The maximum absolute atomic E-state index is 8.94. The minimum Gasteiger partial charge on any atom is -0.497 e. The van der Waals surface area contributed by atoms with E-state index in [9.17, 15) is 0 Å². The highest BCUT2D eigenvalue weighted by Crippen LogP contribution is 2.24. The molecule has 2 rings (SSSR count). The molecule has 0 fully saturated rings. The van der Waals surface area contributed by atoms with E-state index in [-0.39, 0.29) is 6.04 Å². The van der Waals surface area contributed by atoms with Crippen LogP contribution in [0.2, 0.25) is 0 Å². The summed E-state index contributed by atoms with van der Waals surface area (Å²) in [4.78, 5) is 0. The molecule has 0 amide bonds. The van der Waals surface area contributed by atoms with Gasteiger partial charge in [0.2, 0.25) is 0 Å². The lowest BCUT2D eigenvalue weighted by Gasteiger charge is -2.19. The number of rotatable bonds is 5. The summed E-state index contributed by atoms with van der Waals surface area (Å²) in [6.45, 7) is 2.13. The number of nitrogens with one attached hydrogen (secondary N) is 1. The van der Waals surface area contributed by atoms with Crippen molar-refractivity contribution in [2.75, 3.05) is 12.4 Å². The summed E-state index contributed by atoms with van der Waals surface area (Å²) >= 11 is 0. The number of nitrogens with zero attached hydrogens (tertiary/aromatic N) is 1. The lowest BCUT2D eigenvalue weighted by atomic mass is 10.0. The fourth-order valence-electron chi connectivity index (χ4n) is 2.14. The molecule has 1 atom stereocenters. The molecule has 0 aliphatic carbocycles. The van der Waals surface area contributed by atoms with E-state index in [1.807, 2.05) is 30.3 Å². The first-order chi connectivity index (χ1) is 9.76. The first-order valence-corrected chi connectivity index (χ1v) is 6.67. The van der Waals surface area contributed by atoms with Crippen LogP contribution in [0.5, 0.6) is 5.75 Å². The molecule has 2 aromatic carbocycles. The summed E-state index contributed by atoms with van der Waals surface area (Å²) < 4.78 is 5.17. The van der Waals surface area contributed by atoms with Gasteiger partial charge in [-0.05, 0) is 42.3 Å². The van der Waals surface area contributed by atoms with Crippen molar-refractivity contribution in [2.24, 2.45) is 0 Å². The van der Waals surface area contributed by atoms with Crippen LogP contribution in [0.15, 0.2) is 48.5 Å². The summed E-state index contributed by atoms with van der Waals surface area (Å²) in [5.74, 6) is 0.857. The van der Waals surface area contributed by atoms with Gasteiger partial charge in [0.25, 0.3) is 0 Å². The number of benzene rings is 2. The van der Waals surface area contributed by atoms with Gasteiger partial charge < -0.3 is 10.1 Å². The molecule has 3 heteroatoms. The Hall–Kier alpha value is -2.47. The van der Waals surface area contributed by atoms with Gasteiger partial charge in [-0.1, -0.05) is 25.1 Å². The van der Waals surface area contributed by atoms with Crippen LogP contribution in [0.4, 0.5) is 5.69 Å². The zero-order valence-electron chi connectivity index (χ0n) is 11.8. The van der Waals surface area contributed by atoms with Gasteiger partial charge in [-0.25, -0.2) is 0 Å². The quantitative estimate of drug-likeness (QED) is 0.885. The Morgan fingerprint density at radius 3 is 2.55 bits per heavy atom. The van der Waals surface area contributed by atoms with E-state index in [1.54, 1.807) is 13.2 Å². The highest BCUT2D eigenvalue weighted by Gasteiger charge is 2.09. The van der Waals surface area contributed by atoms with Gasteiger partial charge in [-0.15, -0.1) is 0 Å². The largest absolute Gasteiger partial charge is 0.497 e. The van der Waals surface area contributed by atoms with E-state index in [4.69, 9.17) is 10.00 Å². The number of nitriles is 1. The molecule has 2 aromatic rings. The Morgan fingerprint density at radius 1 is 1.20 bits per heavy atom. The lowest BCUT2D eigenvalue weighted by molar-refractivity contribution is 0.414. The third-order valence-corrected chi connectivity index (χ3v) is 3.26. The van der Waals surface area contributed by atoms with Crippen molar-refractivity contribution in [1.29, 1.82) is 5.26 Å². The van der Waals surface area contributed by atoms with Crippen molar-refractivity contribution in [3.63, 3.8) is 0 Å². The van der Waals surface area contributed by atoms with Crippen LogP contribution in [0.3, 0.4) is 0 Å². The van der Waals surface area contributed by atoms with E-state index in [1.165, 1.54) is 5.56 Å². The first kappa shape index (κ1) is 14.0. The third kappa shape index (κ3) is 3.30. The van der Waals surface area contributed by atoms with Crippen LogP contribution in [-0.4, -0.2) is 7.11 Å². The average molecular weight is 266 g/mol. The first-order valence-electron chi connectivity index (χ1n) is 6.67. The van der Waals surface area contributed by atoms with Crippen LogP contribution in [0.1, 0.15) is 30.5 Å². The SMILES string of the molecule is CCC(Nc1cccc(C#N)c1)c1ccc(OC)cc1. The molecular weight excluding hydrogens is 248 g/mol. The molecule has 1 unspecified atom stereocenters. The number of hydrogen-bond acceptors (Lipinski definition) is 3. The van der Waals surface area contributed by atoms with Gasteiger partial charge in [0, 0.05) is 5.69 Å². The van der Waals surface area contributed by atoms with Crippen LogP contribution in [0.25, 0.3) is 0 Å². The van der Waals surface area contributed by atoms with Gasteiger partial charge in [0.1, 0.15) is 5.75 Å². The van der Waals surface area contributed by atoms with Crippen LogP contribution >= 0.6 is 0 Å². The van der Waals surface area contributed by atoms with Gasteiger partial charge >= 0.3 is 0 Å². The summed E-state index contributed by atoms with van der Waals surface area (Å²) in [5.41, 5.74) is 2.84. The summed E-state index contributed by atoms with van der Waals surface area (Å²) in [7, 11) is 1.66. The molecule has 0 spiro atoms. The molecule has 0 saturated carbocycles. The molecule has 0 radical (unpaired) electrons. The highest BCUT2D eigenvalue weighted by molar-refractivity contribution is 5.50. The van der Waals surface area contributed by atoms with Crippen molar-refractivity contribution in [2.45, 2.75) is 19.4 Å². The van der Waals surface area contributed by atoms with Gasteiger partial charge in [-0.2, -0.15) is 5.26 Å². The molecule has 3 nitrogen and oxygen atoms in total. The molecule has 0 heterocycles. The topological polar surface area (TPSA) is 45.0 Å². The van der Waals surface area contributed by atoms with E-state index in [0.717, 1.165) is 17.9 Å². The van der Waals surface area contributed by atoms with Crippen molar-refractivity contribution < 1.29 is 4.74 Å². The Kier molecular flexibility index (Phi) is 4.62. The fourth-order valence-corrected chi connectivity index (χ4v) is 2.14. The zero-order valence-corrected chi connectivity index (χ0v) is 11.8. The fraction of sp³-hybridized carbons (Fsp3) is 0.235. The summed E-state index contributed by atoms with van der Waals surface area (Å²) in [6.07, 6.45) is 0.961. The summed E-state index contributed by atoms with van der Waals surface area (Å²) in [6, 6.07) is 18.0. The van der Waals surface area contributed by atoms with E-state index in [0.29, 0.717) is 5.56 Å². The monoisotopic (exact) mass is 266 g/mol. The normalized spacial score (nSPS) is 11.4. The smallest absolute Gasteiger partial charge is 0.118 e. The van der Waals surface area contributed by atoms with Crippen LogP contribution < -0.4 is 10.1 Å². The van der Waals surface area contributed by atoms with E-state index >= 15 is 0 Å². The molecular formula is C17H18N2O. The standard InChI is InChI=1S/C17H18N2O/c1-3-17(14-7-9-16(20-2)10-8-14)19-15-6-4-5-13(11-15)12-18/h4-11,17,19H,3H2,1-2H3. The van der Waals surface area contributed by atoms with Crippen molar-refractivity contribution in [3.8, 4) is 11.8 Å². The van der Waals surface area contributed by atoms with E-state index < -0.39 is 0 Å². The minimum atomic E-state index is 0.217. The van der Waals surface area contributed by atoms with Crippen molar-refractivity contribution >= 4 is 5.69 Å². The Labute approximate surface area is 119 Å². The Balaban J connectivity index is 2.17. The van der Waals surface area contributed by atoms with Crippen LogP contribution in [-0.2, 0) is 0 Å². The minimum absolute atomic E-state index is 0.217. The number of ether oxygens (including phenoxy) is 1. The maximum Gasteiger partial charge on any atom is 0.118 e. The Bertz CT molecular complexity index is 599. The number of anilines is 1. The number of methoxy groups -OCH3 is 1. The molecule has 102 valence electrons. The molecule has 0 aliphatic rings. The highest BCUT2D eigenvalue weighted by atomic mass is 16.5. The second-order valence-electron chi connectivity index (χ2n) is 4.57. The van der Waals surface area contributed by atoms with Gasteiger partial charge in [-0.3, -0.25) is 0 Å². The predicted octanol–water partition coefficient (Wildman–Crippen LogP) is 4.13. The molecule has 0 aliphatic heterocycles. The molecule has 0 saturated heterocycles. The number of hydrogen-bond donors (Lipinski definition) is 1. The summed E-state index contributed by atoms with van der Waals surface area (Å²) in [5, 5.41) is 12.4. The third-order valence-electron chi connectivity index (χ3n) is 3.26. The molecule has 20 heavy (non-hydrogen) atoms. The molecule has 0 bridgehead atoms. The Morgan fingerprint density at radius 2 is 1.95 bits per heavy atom. The second-order valence-corrected chi connectivity index (χ2v) is 4.57. The molecule has 0 aromatic heterocycles. The lowest BCUT2D eigenvalue weighted by Crippen LogP contribution is -2.09. The van der Waals surface area contributed by atoms with Gasteiger partial charge in [0.05, 0.1) is 24.8 Å². The van der Waals surface area contributed by atoms with E-state index in [2.05, 4.69) is 30.4 Å². The second kappa shape index (κ2) is 6.63.